The van der Waals surface area contributed by atoms with Gasteiger partial charge in [0.1, 0.15) is 11.5 Å². The lowest BCUT2D eigenvalue weighted by Crippen LogP contribution is -2.29. The van der Waals surface area contributed by atoms with Gasteiger partial charge in [-0.15, -0.1) is 0 Å². The van der Waals surface area contributed by atoms with Crippen LogP contribution < -0.4 is 9.64 Å². The highest BCUT2D eigenvalue weighted by molar-refractivity contribution is 6.51. The Bertz CT molecular complexity index is 1160. The average molecular weight is 435 g/mol. The SMILES string of the molecule is CCOc1cccc(/C(O)=C2/C(=O)C(=O)N(c3ccc(Cl)cc3)C2c2cccnc2)c1. The number of aliphatic hydroxyl groups is 1. The predicted molar refractivity (Wildman–Crippen MR) is 118 cm³/mol. The lowest BCUT2D eigenvalue weighted by molar-refractivity contribution is -0.132. The first-order chi connectivity index (χ1) is 15.0. The summed E-state index contributed by atoms with van der Waals surface area (Å²) in [7, 11) is 0. The maximum absolute atomic E-state index is 13.1. The van der Waals surface area contributed by atoms with E-state index in [1.807, 2.05) is 6.92 Å². The van der Waals surface area contributed by atoms with Crippen LogP contribution in [0.15, 0.2) is 78.6 Å². The summed E-state index contributed by atoms with van der Waals surface area (Å²) in [6.07, 6.45) is 3.17. The largest absolute Gasteiger partial charge is 0.507 e. The van der Waals surface area contributed by atoms with Crippen molar-refractivity contribution < 1.29 is 19.4 Å². The highest BCUT2D eigenvalue weighted by Crippen LogP contribution is 2.42. The van der Waals surface area contributed by atoms with Crippen molar-refractivity contribution in [2.75, 3.05) is 11.5 Å². The van der Waals surface area contributed by atoms with E-state index >= 15 is 0 Å². The maximum Gasteiger partial charge on any atom is 0.300 e. The molecule has 1 atom stereocenters. The molecule has 0 spiro atoms. The first-order valence-corrected chi connectivity index (χ1v) is 10.1. The van der Waals surface area contributed by atoms with Crippen LogP contribution in [-0.4, -0.2) is 28.4 Å². The zero-order valence-electron chi connectivity index (χ0n) is 16.7. The summed E-state index contributed by atoms with van der Waals surface area (Å²) < 4.78 is 5.50. The fraction of sp³-hybridized carbons (Fsp3) is 0.125. The number of carbonyl (C=O) groups is 2. The number of Topliss-reactive ketones (excluding diaryl/α,β-unsaturated/α-hetero) is 1. The van der Waals surface area contributed by atoms with Crippen LogP contribution in [0.3, 0.4) is 0 Å². The number of amides is 1. The lowest BCUT2D eigenvalue weighted by Gasteiger charge is -2.25. The van der Waals surface area contributed by atoms with Crippen molar-refractivity contribution in [2.45, 2.75) is 13.0 Å². The second-order valence-corrected chi connectivity index (χ2v) is 7.33. The smallest absolute Gasteiger partial charge is 0.300 e. The van der Waals surface area contributed by atoms with Crippen molar-refractivity contribution in [2.24, 2.45) is 0 Å². The van der Waals surface area contributed by atoms with Crippen LogP contribution in [0.1, 0.15) is 24.1 Å². The molecule has 0 aliphatic carbocycles. The van der Waals surface area contributed by atoms with E-state index in [0.717, 1.165) is 0 Å². The van der Waals surface area contributed by atoms with Crippen LogP contribution in [0, 0.1) is 0 Å². The van der Waals surface area contributed by atoms with Crippen LogP contribution in [0.2, 0.25) is 5.02 Å². The molecule has 1 aliphatic rings. The minimum absolute atomic E-state index is 0.0124. The number of carbonyl (C=O) groups excluding carboxylic acids is 2. The third kappa shape index (κ3) is 3.90. The van der Waals surface area contributed by atoms with E-state index in [1.165, 1.54) is 4.90 Å². The molecular weight excluding hydrogens is 416 g/mol. The Morgan fingerprint density at radius 1 is 1.13 bits per heavy atom. The Morgan fingerprint density at radius 3 is 2.58 bits per heavy atom. The minimum atomic E-state index is -0.842. The van der Waals surface area contributed by atoms with E-state index in [-0.39, 0.29) is 11.3 Å². The number of ketones is 1. The van der Waals surface area contributed by atoms with E-state index in [1.54, 1.807) is 73.1 Å². The van der Waals surface area contributed by atoms with Crippen LogP contribution in [0.5, 0.6) is 5.75 Å². The van der Waals surface area contributed by atoms with Gasteiger partial charge >= 0.3 is 0 Å². The molecule has 4 rings (SSSR count). The van der Waals surface area contributed by atoms with Gasteiger partial charge in [-0.25, -0.2) is 0 Å². The standard InChI is InChI=1S/C24H19ClN2O4/c1-2-31-19-7-3-5-15(13-19)22(28)20-21(16-6-4-12-26-14-16)27(24(30)23(20)29)18-10-8-17(25)9-11-18/h3-14,21,28H,2H2,1H3/b22-20-. The third-order valence-electron chi connectivity index (χ3n) is 4.97. The number of halogens is 1. The fourth-order valence-corrected chi connectivity index (χ4v) is 3.73. The number of rotatable bonds is 5. The Morgan fingerprint density at radius 2 is 1.90 bits per heavy atom. The summed E-state index contributed by atoms with van der Waals surface area (Å²) in [5.41, 5.74) is 1.46. The minimum Gasteiger partial charge on any atom is -0.507 e. The number of benzene rings is 2. The molecule has 0 saturated carbocycles. The molecule has 3 aromatic rings. The molecule has 2 heterocycles. The summed E-state index contributed by atoms with van der Waals surface area (Å²) in [6, 6.07) is 16.0. The van der Waals surface area contributed by atoms with Crippen LogP contribution in [-0.2, 0) is 9.59 Å². The first-order valence-electron chi connectivity index (χ1n) is 9.71. The molecule has 0 radical (unpaired) electrons. The summed E-state index contributed by atoms with van der Waals surface area (Å²) in [5.74, 6) is -1.23. The van der Waals surface area contributed by atoms with Gasteiger partial charge in [0.05, 0.1) is 18.2 Å². The van der Waals surface area contributed by atoms with Gasteiger partial charge in [0, 0.05) is 28.7 Å². The molecule has 7 heteroatoms. The van der Waals surface area contributed by atoms with E-state index < -0.39 is 17.7 Å². The van der Waals surface area contributed by atoms with Crippen LogP contribution >= 0.6 is 11.6 Å². The summed E-state index contributed by atoms with van der Waals surface area (Å²) in [6.45, 7) is 2.31. The van der Waals surface area contributed by atoms with Crippen molar-refractivity contribution in [1.29, 1.82) is 0 Å². The molecule has 1 unspecified atom stereocenters. The molecule has 1 saturated heterocycles. The Kier molecular flexibility index (Phi) is 5.73. The highest BCUT2D eigenvalue weighted by Gasteiger charge is 2.47. The van der Waals surface area contributed by atoms with Crippen molar-refractivity contribution in [3.8, 4) is 5.75 Å². The Hall–Kier alpha value is -3.64. The molecule has 2 aromatic carbocycles. The molecule has 31 heavy (non-hydrogen) atoms. The van der Waals surface area contributed by atoms with Gasteiger partial charge < -0.3 is 9.84 Å². The monoisotopic (exact) mass is 434 g/mol. The van der Waals surface area contributed by atoms with Gasteiger partial charge in [0.2, 0.25) is 0 Å². The van der Waals surface area contributed by atoms with Gasteiger partial charge in [-0.05, 0) is 55.0 Å². The van der Waals surface area contributed by atoms with E-state index in [4.69, 9.17) is 16.3 Å². The topological polar surface area (TPSA) is 79.7 Å². The van der Waals surface area contributed by atoms with Gasteiger partial charge in [-0.3, -0.25) is 19.5 Å². The van der Waals surface area contributed by atoms with E-state index in [9.17, 15) is 14.7 Å². The number of hydrogen-bond donors (Lipinski definition) is 1. The van der Waals surface area contributed by atoms with Gasteiger partial charge in [-0.2, -0.15) is 0 Å². The average Bonchev–Trinajstić information content (AvgIpc) is 3.05. The van der Waals surface area contributed by atoms with E-state index in [0.29, 0.717) is 34.2 Å². The molecule has 1 fully saturated rings. The van der Waals surface area contributed by atoms with Crippen molar-refractivity contribution in [3.63, 3.8) is 0 Å². The molecule has 1 aliphatic heterocycles. The quantitative estimate of drug-likeness (QED) is 0.356. The van der Waals surface area contributed by atoms with Gasteiger partial charge in [-0.1, -0.05) is 29.8 Å². The second kappa shape index (κ2) is 8.62. The molecule has 156 valence electrons. The normalized spacial score (nSPS) is 17.7. The van der Waals surface area contributed by atoms with E-state index in [2.05, 4.69) is 4.98 Å². The molecule has 1 aromatic heterocycles. The van der Waals surface area contributed by atoms with Crippen molar-refractivity contribution in [1.82, 2.24) is 4.98 Å². The zero-order chi connectivity index (χ0) is 22.0. The lowest BCUT2D eigenvalue weighted by atomic mass is 9.96. The number of nitrogens with zero attached hydrogens (tertiary/aromatic N) is 2. The summed E-state index contributed by atoms with van der Waals surface area (Å²) >= 11 is 5.99. The zero-order valence-corrected chi connectivity index (χ0v) is 17.4. The number of aromatic nitrogens is 1. The Balaban J connectivity index is 1.90. The van der Waals surface area contributed by atoms with Gasteiger partial charge in [0.15, 0.2) is 0 Å². The number of ether oxygens (including phenoxy) is 1. The van der Waals surface area contributed by atoms with Crippen LogP contribution in [0.4, 0.5) is 5.69 Å². The predicted octanol–water partition coefficient (Wildman–Crippen LogP) is 4.76. The fourth-order valence-electron chi connectivity index (χ4n) is 3.61. The number of hydrogen-bond acceptors (Lipinski definition) is 5. The highest BCUT2D eigenvalue weighted by atomic mass is 35.5. The molecule has 1 N–H and O–H groups in total. The van der Waals surface area contributed by atoms with Crippen molar-refractivity contribution in [3.05, 3.63) is 94.8 Å². The number of pyridine rings is 1. The van der Waals surface area contributed by atoms with Gasteiger partial charge in [0.25, 0.3) is 11.7 Å². The maximum atomic E-state index is 13.1. The summed E-state index contributed by atoms with van der Waals surface area (Å²) in [4.78, 5) is 31.6. The molecule has 1 amide bonds. The first kappa shape index (κ1) is 20.6. The molecule has 6 nitrogen and oxygen atoms in total. The molecular formula is C24H19ClN2O4. The number of aliphatic hydroxyl groups excluding tert-OH is 1. The Labute approximate surface area is 184 Å². The van der Waals surface area contributed by atoms with Crippen molar-refractivity contribution >= 4 is 34.7 Å². The van der Waals surface area contributed by atoms with Crippen LogP contribution in [0.25, 0.3) is 5.76 Å². The second-order valence-electron chi connectivity index (χ2n) is 6.89. The summed E-state index contributed by atoms with van der Waals surface area (Å²) in [5, 5.41) is 11.6. The number of anilines is 1. The third-order valence-corrected chi connectivity index (χ3v) is 5.22. The molecule has 0 bridgehead atoms.